The van der Waals surface area contributed by atoms with Crippen LogP contribution in [0.25, 0.3) is 0 Å². The Hall–Kier alpha value is -2.79. The second kappa shape index (κ2) is 7.85. The van der Waals surface area contributed by atoms with Crippen molar-refractivity contribution < 1.29 is 9.53 Å². The van der Waals surface area contributed by atoms with Gasteiger partial charge in [-0.3, -0.25) is 4.90 Å². The Morgan fingerprint density at radius 2 is 2.28 bits per heavy atom. The molecule has 0 unspecified atom stereocenters. The first-order valence-electron chi connectivity index (χ1n) is 8.36. The Morgan fingerprint density at radius 3 is 2.96 bits per heavy atom. The Kier molecular flexibility index (Phi) is 5.83. The van der Waals surface area contributed by atoms with Crippen LogP contribution in [0.3, 0.4) is 0 Å². The third-order valence-electron chi connectivity index (χ3n) is 4.16. The van der Waals surface area contributed by atoms with E-state index in [0.717, 1.165) is 12.0 Å². The first kappa shape index (κ1) is 18.5. The van der Waals surface area contributed by atoms with Gasteiger partial charge in [0.25, 0.3) is 0 Å². The van der Waals surface area contributed by atoms with Gasteiger partial charge in [-0.2, -0.15) is 5.26 Å². The van der Waals surface area contributed by atoms with Crippen LogP contribution in [-0.4, -0.2) is 34.7 Å². The summed E-state index contributed by atoms with van der Waals surface area (Å²) in [5, 5.41) is 8.90. The average molecular weight is 337 g/mol. The zero-order valence-electron chi connectivity index (χ0n) is 15.2. The summed E-state index contributed by atoms with van der Waals surface area (Å²) in [5.41, 5.74) is 1.75. The molecule has 0 radical (unpaired) electrons. The molecule has 0 saturated carbocycles. The van der Waals surface area contributed by atoms with Crippen LogP contribution >= 0.6 is 0 Å². The summed E-state index contributed by atoms with van der Waals surface area (Å²) in [7, 11) is 0. The molecule has 2 rings (SSSR count). The molecule has 1 aromatic rings. The van der Waals surface area contributed by atoms with Crippen molar-refractivity contribution in [3.8, 4) is 17.9 Å². The van der Waals surface area contributed by atoms with E-state index in [1.807, 2.05) is 33.8 Å². The van der Waals surface area contributed by atoms with Crippen LogP contribution < -0.4 is 0 Å². The molecule has 1 fully saturated rings. The fourth-order valence-electron chi connectivity index (χ4n) is 2.64. The molecule has 2 heterocycles. The van der Waals surface area contributed by atoms with Gasteiger partial charge in [-0.05, 0) is 55.9 Å². The molecule has 1 aromatic heterocycles. The average Bonchev–Trinajstić information content (AvgIpc) is 2.87. The van der Waals surface area contributed by atoms with Crippen LogP contribution in [0.1, 0.15) is 45.4 Å². The highest BCUT2D eigenvalue weighted by molar-refractivity contribution is 5.70. The first-order chi connectivity index (χ1) is 11.8. The van der Waals surface area contributed by atoms with Crippen molar-refractivity contribution in [1.82, 2.24) is 9.88 Å². The maximum absolute atomic E-state index is 12.3. The van der Waals surface area contributed by atoms with Crippen LogP contribution in [0.15, 0.2) is 30.0 Å². The fourth-order valence-corrected chi connectivity index (χ4v) is 2.64. The number of pyridine rings is 1. The van der Waals surface area contributed by atoms with Crippen molar-refractivity contribution in [3.05, 3.63) is 41.2 Å². The van der Waals surface area contributed by atoms with Gasteiger partial charge in [-0.25, -0.2) is 9.78 Å². The van der Waals surface area contributed by atoms with Crippen molar-refractivity contribution >= 4 is 6.09 Å². The molecule has 130 valence electrons. The summed E-state index contributed by atoms with van der Waals surface area (Å²) >= 11 is 0. The second-order valence-corrected chi connectivity index (χ2v) is 6.91. The molecule has 0 aromatic carbocycles. The molecule has 25 heavy (non-hydrogen) atoms. The highest BCUT2D eigenvalue weighted by Gasteiger charge is 2.40. The van der Waals surface area contributed by atoms with Gasteiger partial charge < -0.3 is 4.74 Å². The second-order valence-electron chi connectivity index (χ2n) is 6.91. The molecule has 5 heteroatoms. The molecule has 1 aliphatic heterocycles. The number of nitriles is 1. The number of amides is 1. The molecular weight excluding hydrogens is 314 g/mol. The number of ether oxygens (including phenoxy) is 1. The summed E-state index contributed by atoms with van der Waals surface area (Å²) in [6.07, 6.45) is 3.90. The largest absolute Gasteiger partial charge is 0.449 e. The van der Waals surface area contributed by atoms with Crippen molar-refractivity contribution in [3.63, 3.8) is 0 Å². The summed E-state index contributed by atoms with van der Waals surface area (Å²) in [6.45, 7) is 9.07. The van der Waals surface area contributed by atoms with Crippen molar-refractivity contribution in [1.29, 1.82) is 5.26 Å². The third kappa shape index (κ3) is 4.61. The van der Waals surface area contributed by atoms with Crippen LogP contribution in [0.2, 0.25) is 0 Å². The standard InChI is InChI=1S/C20H23N3O2/c1-15(2)14-25-19(24)23-11-9-17(20(23,3)4)6-5-7-18-12-16(13-21)8-10-22-18/h6,8,10,12,15H,9,11,14H2,1-4H3/b17-6+. The lowest BCUT2D eigenvalue weighted by Gasteiger charge is -2.31. The van der Waals surface area contributed by atoms with Gasteiger partial charge in [0.05, 0.1) is 23.8 Å². The minimum absolute atomic E-state index is 0.279. The number of likely N-dealkylation sites (tertiary alicyclic amines) is 1. The van der Waals surface area contributed by atoms with E-state index in [1.54, 1.807) is 23.2 Å². The molecule has 5 nitrogen and oxygen atoms in total. The van der Waals surface area contributed by atoms with E-state index in [4.69, 9.17) is 10.00 Å². The molecular formula is C20H23N3O2. The highest BCUT2D eigenvalue weighted by Crippen LogP contribution is 2.34. The number of aromatic nitrogens is 1. The lowest BCUT2D eigenvalue weighted by molar-refractivity contribution is 0.0770. The summed E-state index contributed by atoms with van der Waals surface area (Å²) < 4.78 is 5.35. The summed E-state index contributed by atoms with van der Waals surface area (Å²) in [4.78, 5) is 18.2. The van der Waals surface area contributed by atoms with Crippen molar-refractivity contribution in [2.24, 2.45) is 5.92 Å². The van der Waals surface area contributed by atoms with Gasteiger partial charge in [-0.1, -0.05) is 19.8 Å². The molecule has 0 N–H and O–H groups in total. The van der Waals surface area contributed by atoms with Crippen LogP contribution in [0, 0.1) is 29.1 Å². The van der Waals surface area contributed by atoms with E-state index in [9.17, 15) is 4.79 Å². The fraction of sp³-hybridized carbons (Fsp3) is 0.450. The van der Waals surface area contributed by atoms with E-state index in [-0.39, 0.29) is 6.09 Å². The number of carbonyl (C=O) groups excluding carboxylic acids is 1. The number of carbonyl (C=O) groups is 1. The van der Waals surface area contributed by atoms with Gasteiger partial charge in [-0.15, -0.1) is 0 Å². The van der Waals surface area contributed by atoms with E-state index in [1.165, 1.54) is 0 Å². The Morgan fingerprint density at radius 1 is 1.52 bits per heavy atom. The minimum Gasteiger partial charge on any atom is -0.449 e. The van der Waals surface area contributed by atoms with Gasteiger partial charge >= 0.3 is 6.09 Å². The monoisotopic (exact) mass is 337 g/mol. The van der Waals surface area contributed by atoms with E-state index in [2.05, 4.69) is 22.9 Å². The highest BCUT2D eigenvalue weighted by atomic mass is 16.6. The lowest BCUT2D eigenvalue weighted by atomic mass is 9.95. The van der Waals surface area contributed by atoms with Crippen molar-refractivity contribution in [2.75, 3.05) is 13.2 Å². The molecule has 1 saturated heterocycles. The van der Waals surface area contributed by atoms with Gasteiger partial charge in [0.2, 0.25) is 0 Å². The Balaban J connectivity index is 2.11. The van der Waals surface area contributed by atoms with E-state index >= 15 is 0 Å². The minimum atomic E-state index is -0.426. The molecule has 0 spiro atoms. The number of nitrogens with zero attached hydrogens (tertiary/aromatic N) is 3. The van der Waals surface area contributed by atoms with Crippen LogP contribution in [-0.2, 0) is 4.74 Å². The quantitative estimate of drug-likeness (QED) is 0.775. The lowest BCUT2D eigenvalue weighted by Crippen LogP contribution is -2.44. The zero-order chi connectivity index (χ0) is 18.4. The summed E-state index contributed by atoms with van der Waals surface area (Å²) in [5.74, 6) is 6.25. The van der Waals surface area contributed by atoms with E-state index < -0.39 is 5.54 Å². The number of hydrogen-bond donors (Lipinski definition) is 0. The third-order valence-corrected chi connectivity index (χ3v) is 4.16. The number of allylic oxidation sites excluding steroid dienone is 1. The molecule has 1 amide bonds. The summed E-state index contributed by atoms with van der Waals surface area (Å²) in [6, 6.07) is 5.37. The Labute approximate surface area is 149 Å². The predicted octanol–water partition coefficient (Wildman–Crippen LogP) is 3.51. The predicted molar refractivity (Wildman–Crippen MR) is 95.5 cm³/mol. The van der Waals surface area contributed by atoms with E-state index in [0.29, 0.717) is 30.3 Å². The molecule has 1 aliphatic rings. The van der Waals surface area contributed by atoms with Gasteiger partial charge in [0.15, 0.2) is 0 Å². The van der Waals surface area contributed by atoms with Gasteiger partial charge in [0, 0.05) is 12.7 Å². The molecule has 0 bridgehead atoms. The Bertz CT molecular complexity index is 776. The normalized spacial score (nSPS) is 17.1. The first-order valence-corrected chi connectivity index (χ1v) is 8.36. The van der Waals surface area contributed by atoms with Crippen LogP contribution in [0.4, 0.5) is 4.79 Å². The van der Waals surface area contributed by atoms with Crippen LogP contribution in [0.5, 0.6) is 0 Å². The smallest absolute Gasteiger partial charge is 0.410 e. The zero-order valence-corrected chi connectivity index (χ0v) is 15.2. The molecule has 0 aliphatic carbocycles. The number of hydrogen-bond acceptors (Lipinski definition) is 4. The topological polar surface area (TPSA) is 66.2 Å². The SMILES string of the molecule is CC(C)COC(=O)N1CC/C(=C\C#Cc2cc(C#N)ccn2)C1(C)C. The number of rotatable bonds is 2. The maximum Gasteiger partial charge on any atom is 0.410 e. The van der Waals surface area contributed by atoms with Crippen molar-refractivity contribution in [2.45, 2.75) is 39.7 Å². The maximum atomic E-state index is 12.3. The molecule has 0 atom stereocenters. The van der Waals surface area contributed by atoms with Gasteiger partial charge in [0.1, 0.15) is 5.69 Å².